The van der Waals surface area contributed by atoms with Gasteiger partial charge in [-0.3, -0.25) is 4.72 Å². The second-order valence-corrected chi connectivity index (χ2v) is 6.03. The number of benzene rings is 1. The molecule has 0 aliphatic rings. The number of nitrogens with two attached hydrogens (primary N) is 1. The number of furan rings is 1. The van der Waals surface area contributed by atoms with Crippen LogP contribution < -0.4 is 10.5 Å². The number of rotatable bonds is 4. The lowest BCUT2D eigenvalue weighted by Gasteiger charge is -2.08. The van der Waals surface area contributed by atoms with Crippen molar-refractivity contribution < 1.29 is 12.8 Å². The standard InChI is InChI=1S/C12H13ClN2O3S/c1-8-2-4-10(13)11(6-8)15-19(16,17)12-5-3-9(7-14)18-12/h2-6,15H,7,14H2,1H3. The van der Waals surface area contributed by atoms with E-state index < -0.39 is 10.0 Å². The summed E-state index contributed by atoms with van der Waals surface area (Å²) in [7, 11) is -3.80. The van der Waals surface area contributed by atoms with Gasteiger partial charge in [0.15, 0.2) is 0 Å². The molecule has 1 heterocycles. The topological polar surface area (TPSA) is 85.3 Å². The zero-order valence-electron chi connectivity index (χ0n) is 10.2. The Bertz CT molecular complexity index is 695. The van der Waals surface area contributed by atoms with E-state index in [4.69, 9.17) is 21.8 Å². The molecular formula is C12H13ClN2O3S. The van der Waals surface area contributed by atoms with Gasteiger partial charge in [0.05, 0.1) is 17.3 Å². The number of anilines is 1. The van der Waals surface area contributed by atoms with Crippen molar-refractivity contribution in [3.63, 3.8) is 0 Å². The average Bonchev–Trinajstić information content (AvgIpc) is 2.83. The summed E-state index contributed by atoms with van der Waals surface area (Å²) < 4.78 is 31.7. The van der Waals surface area contributed by atoms with Crippen molar-refractivity contribution in [3.8, 4) is 0 Å². The fourth-order valence-corrected chi connectivity index (χ4v) is 2.77. The van der Waals surface area contributed by atoms with E-state index in [1.54, 1.807) is 18.2 Å². The van der Waals surface area contributed by atoms with Gasteiger partial charge < -0.3 is 10.2 Å². The van der Waals surface area contributed by atoms with Crippen molar-refractivity contribution in [2.24, 2.45) is 5.73 Å². The van der Waals surface area contributed by atoms with Gasteiger partial charge in [-0.1, -0.05) is 17.7 Å². The highest BCUT2D eigenvalue weighted by Gasteiger charge is 2.19. The minimum atomic E-state index is -3.80. The van der Waals surface area contributed by atoms with Crippen LogP contribution in [0.2, 0.25) is 5.02 Å². The van der Waals surface area contributed by atoms with E-state index in [0.717, 1.165) is 5.56 Å². The molecule has 0 unspecified atom stereocenters. The van der Waals surface area contributed by atoms with E-state index in [-0.39, 0.29) is 11.6 Å². The zero-order chi connectivity index (χ0) is 14.0. The van der Waals surface area contributed by atoms with E-state index in [0.29, 0.717) is 16.5 Å². The second-order valence-electron chi connectivity index (χ2n) is 4.01. The molecule has 3 N–H and O–H groups in total. The maximum Gasteiger partial charge on any atom is 0.295 e. The first kappa shape index (κ1) is 13.9. The van der Waals surface area contributed by atoms with E-state index in [2.05, 4.69) is 4.72 Å². The van der Waals surface area contributed by atoms with Gasteiger partial charge in [-0.05, 0) is 36.8 Å². The number of sulfonamides is 1. The van der Waals surface area contributed by atoms with Crippen molar-refractivity contribution in [1.82, 2.24) is 0 Å². The minimum absolute atomic E-state index is 0.140. The van der Waals surface area contributed by atoms with Crippen molar-refractivity contribution in [2.45, 2.75) is 18.6 Å². The molecule has 2 aromatic rings. The molecule has 1 aromatic heterocycles. The molecule has 0 saturated heterocycles. The third-order valence-electron chi connectivity index (χ3n) is 2.47. The summed E-state index contributed by atoms with van der Waals surface area (Å²) in [6, 6.07) is 7.94. The molecule has 0 atom stereocenters. The highest BCUT2D eigenvalue weighted by atomic mass is 35.5. The largest absolute Gasteiger partial charge is 0.446 e. The molecule has 0 bridgehead atoms. The summed E-state index contributed by atoms with van der Waals surface area (Å²) in [5.74, 6) is 0.399. The molecule has 1 aromatic carbocycles. The van der Waals surface area contributed by atoms with Gasteiger partial charge >= 0.3 is 0 Å². The number of nitrogens with one attached hydrogen (secondary N) is 1. The van der Waals surface area contributed by atoms with Gasteiger partial charge in [-0.15, -0.1) is 0 Å². The molecule has 0 aliphatic heterocycles. The average molecular weight is 301 g/mol. The summed E-state index contributed by atoms with van der Waals surface area (Å²) in [4.78, 5) is 0. The first-order valence-electron chi connectivity index (χ1n) is 5.50. The SMILES string of the molecule is Cc1ccc(Cl)c(NS(=O)(=O)c2ccc(CN)o2)c1. The van der Waals surface area contributed by atoms with E-state index in [1.165, 1.54) is 12.1 Å². The predicted molar refractivity (Wildman–Crippen MR) is 73.6 cm³/mol. The quantitative estimate of drug-likeness (QED) is 0.908. The monoisotopic (exact) mass is 300 g/mol. The van der Waals surface area contributed by atoms with Gasteiger partial charge in [0.25, 0.3) is 10.0 Å². The van der Waals surface area contributed by atoms with Gasteiger partial charge in [-0.2, -0.15) is 8.42 Å². The molecule has 5 nitrogen and oxygen atoms in total. The number of hydrogen-bond donors (Lipinski definition) is 2. The third kappa shape index (κ3) is 3.09. The molecule has 19 heavy (non-hydrogen) atoms. The maximum absolute atomic E-state index is 12.1. The molecule has 0 aliphatic carbocycles. The Morgan fingerprint density at radius 3 is 2.68 bits per heavy atom. The molecular weight excluding hydrogens is 288 g/mol. The Hall–Kier alpha value is -1.50. The fraction of sp³-hybridized carbons (Fsp3) is 0.167. The summed E-state index contributed by atoms with van der Waals surface area (Å²) in [6.45, 7) is 1.98. The van der Waals surface area contributed by atoms with E-state index >= 15 is 0 Å². The normalized spacial score (nSPS) is 11.5. The van der Waals surface area contributed by atoms with Crippen LogP contribution in [-0.2, 0) is 16.6 Å². The van der Waals surface area contributed by atoms with Crippen molar-refractivity contribution in [3.05, 3.63) is 46.7 Å². The second kappa shape index (κ2) is 5.24. The molecule has 102 valence electrons. The van der Waals surface area contributed by atoms with Gasteiger partial charge in [-0.25, -0.2) is 0 Å². The Kier molecular flexibility index (Phi) is 3.84. The Labute approximate surface area is 116 Å². The van der Waals surface area contributed by atoms with Crippen molar-refractivity contribution >= 4 is 27.3 Å². The molecule has 0 saturated carbocycles. The van der Waals surface area contributed by atoms with Crippen LogP contribution in [-0.4, -0.2) is 8.42 Å². The molecule has 0 spiro atoms. The molecule has 0 amide bonds. The smallest absolute Gasteiger partial charge is 0.295 e. The maximum atomic E-state index is 12.1. The highest BCUT2D eigenvalue weighted by molar-refractivity contribution is 7.92. The van der Waals surface area contributed by atoms with Crippen LogP contribution in [0, 0.1) is 6.92 Å². The molecule has 0 radical (unpaired) electrons. The third-order valence-corrected chi connectivity index (χ3v) is 4.04. The zero-order valence-corrected chi connectivity index (χ0v) is 11.8. The van der Waals surface area contributed by atoms with E-state index in [9.17, 15) is 8.42 Å². The number of aryl methyl sites for hydroxylation is 1. The van der Waals surface area contributed by atoms with Crippen LogP contribution in [0.15, 0.2) is 39.8 Å². The van der Waals surface area contributed by atoms with Crippen LogP contribution >= 0.6 is 11.6 Å². The summed E-state index contributed by atoms with van der Waals surface area (Å²) in [5.41, 5.74) is 6.58. The highest BCUT2D eigenvalue weighted by Crippen LogP contribution is 2.26. The lowest BCUT2D eigenvalue weighted by molar-refractivity contribution is 0.417. The summed E-state index contributed by atoms with van der Waals surface area (Å²) in [5, 5.41) is 0.130. The lowest BCUT2D eigenvalue weighted by Crippen LogP contribution is -2.12. The van der Waals surface area contributed by atoms with Crippen LogP contribution in [0.4, 0.5) is 5.69 Å². The van der Waals surface area contributed by atoms with Crippen LogP contribution in [0.3, 0.4) is 0 Å². The Morgan fingerprint density at radius 2 is 2.05 bits per heavy atom. The fourth-order valence-electron chi connectivity index (χ4n) is 1.52. The van der Waals surface area contributed by atoms with E-state index in [1.807, 2.05) is 6.92 Å². The van der Waals surface area contributed by atoms with Gasteiger partial charge in [0.1, 0.15) is 5.76 Å². The lowest BCUT2D eigenvalue weighted by atomic mass is 10.2. The van der Waals surface area contributed by atoms with Crippen LogP contribution in [0.1, 0.15) is 11.3 Å². The Balaban J connectivity index is 2.33. The van der Waals surface area contributed by atoms with Crippen molar-refractivity contribution in [2.75, 3.05) is 4.72 Å². The molecule has 7 heteroatoms. The minimum Gasteiger partial charge on any atom is -0.446 e. The number of halogens is 1. The van der Waals surface area contributed by atoms with Crippen LogP contribution in [0.5, 0.6) is 0 Å². The Morgan fingerprint density at radius 1 is 1.32 bits per heavy atom. The first-order chi connectivity index (χ1) is 8.92. The van der Waals surface area contributed by atoms with Crippen molar-refractivity contribution in [1.29, 1.82) is 0 Å². The molecule has 2 rings (SSSR count). The summed E-state index contributed by atoms with van der Waals surface area (Å²) in [6.07, 6.45) is 0. The van der Waals surface area contributed by atoms with Crippen LogP contribution in [0.25, 0.3) is 0 Å². The summed E-state index contributed by atoms with van der Waals surface area (Å²) >= 11 is 5.94. The first-order valence-corrected chi connectivity index (χ1v) is 7.36. The molecule has 0 fully saturated rings. The predicted octanol–water partition coefficient (Wildman–Crippen LogP) is 2.50. The van der Waals surface area contributed by atoms with Gasteiger partial charge in [0, 0.05) is 0 Å². The number of hydrogen-bond acceptors (Lipinski definition) is 4. The van der Waals surface area contributed by atoms with Gasteiger partial charge in [0.2, 0.25) is 5.09 Å².